The Hall–Kier alpha value is -1.10. The smallest absolute Gasteiger partial charge is 0.432 e. The van der Waals surface area contributed by atoms with Crippen LogP contribution in [0.4, 0.5) is 4.79 Å². The Morgan fingerprint density at radius 1 is 1.13 bits per heavy atom. The highest BCUT2D eigenvalue weighted by Crippen LogP contribution is 2.38. The molecule has 0 atom stereocenters. The number of carbonyl (C=O) groups is 2. The van der Waals surface area contributed by atoms with Crippen LogP contribution in [0.1, 0.15) is 12.8 Å². The number of hydrogen-bond donors (Lipinski definition) is 0. The van der Waals surface area contributed by atoms with E-state index in [2.05, 4.69) is 4.90 Å². The van der Waals surface area contributed by atoms with Crippen LogP contribution in [0.15, 0.2) is 0 Å². The molecule has 5 nitrogen and oxygen atoms in total. The third-order valence-corrected chi connectivity index (χ3v) is 3.79. The summed E-state index contributed by atoms with van der Waals surface area (Å²) in [5, 5.41) is 0. The summed E-state index contributed by atoms with van der Waals surface area (Å²) in [7, 11) is 0. The number of fused-ring (bicyclic) bond motifs is 2. The fourth-order valence-corrected chi connectivity index (χ4v) is 2.87. The summed E-state index contributed by atoms with van der Waals surface area (Å²) in [6, 6.07) is 0. The van der Waals surface area contributed by atoms with Crippen LogP contribution >= 0.6 is 0 Å². The minimum Gasteiger partial charge on any atom is -0.432 e. The molecular weight excluding hydrogens is 198 g/mol. The van der Waals surface area contributed by atoms with Gasteiger partial charge in [-0.15, -0.1) is 0 Å². The number of nitrogens with zero attached hydrogens (tertiary/aromatic N) is 1. The average Bonchev–Trinajstić information content (AvgIpc) is 2.29. The number of piperidine rings is 3. The molecule has 2 bridgehead atoms. The van der Waals surface area contributed by atoms with Gasteiger partial charge in [0.25, 0.3) is 0 Å². The molecule has 0 amide bonds. The Morgan fingerprint density at radius 2 is 1.73 bits per heavy atom. The molecule has 4 saturated heterocycles. The number of ketones is 1. The number of rotatable bonds is 0. The fraction of sp³-hybridized carbons (Fsp3) is 0.800. The normalized spacial score (nSPS) is 37.6. The monoisotopic (exact) mass is 211 g/mol. The number of ether oxygens (including phenoxy) is 2. The molecule has 4 aliphatic rings. The molecular formula is C10H13NO4. The van der Waals surface area contributed by atoms with Gasteiger partial charge >= 0.3 is 6.16 Å². The molecule has 0 aromatic carbocycles. The molecule has 0 unspecified atom stereocenters. The first-order valence-electron chi connectivity index (χ1n) is 5.31. The van der Waals surface area contributed by atoms with Gasteiger partial charge in [-0.25, -0.2) is 4.79 Å². The predicted octanol–water partition coefficient (Wildman–Crippen LogP) is 0.187. The van der Waals surface area contributed by atoms with E-state index in [1.807, 2.05) is 0 Å². The van der Waals surface area contributed by atoms with Crippen molar-refractivity contribution in [3.63, 3.8) is 0 Å². The van der Waals surface area contributed by atoms with Gasteiger partial charge in [0.15, 0.2) is 5.78 Å². The highest BCUT2D eigenvalue weighted by atomic mass is 16.7. The Bertz CT molecular complexity index is 309. The molecule has 5 heteroatoms. The standard InChI is InChI=1S/C10H13NO4/c12-8-7-1-3-11(4-2-7)10(8)5-14-9(13)15-6-10/h7H,1-6H2. The van der Waals surface area contributed by atoms with Gasteiger partial charge in [0.1, 0.15) is 18.8 Å². The van der Waals surface area contributed by atoms with Crippen LogP contribution < -0.4 is 0 Å². The van der Waals surface area contributed by atoms with Gasteiger partial charge in [-0.2, -0.15) is 0 Å². The fourth-order valence-electron chi connectivity index (χ4n) is 2.87. The van der Waals surface area contributed by atoms with Gasteiger partial charge in [0.05, 0.1) is 0 Å². The van der Waals surface area contributed by atoms with Gasteiger partial charge < -0.3 is 9.47 Å². The van der Waals surface area contributed by atoms with Crippen molar-refractivity contribution in [3.8, 4) is 0 Å². The summed E-state index contributed by atoms with van der Waals surface area (Å²) in [5.74, 6) is 0.350. The average molecular weight is 211 g/mol. The maximum absolute atomic E-state index is 12.2. The third-order valence-electron chi connectivity index (χ3n) is 3.79. The van der Waals surface area contributed by atoms with Crippen LogP contribution in [0, 0.1) is 5.92 Å². The van der Waals surface area contributed by atoms with Gasteiger partial charge in [-0.1, -0.05) is 0 Å². The minimum absolute atomic E-state index is 0.149. The minimum atomic E-state index is -0.658. The largest absolute Gasteiger partial charge is 0.508 e. The summed E-state index contributed by atoms with van der Waals surface area (Å²) in [6.07, 6.45) is 1.22. The predicted molar refractivity (Wildman–Crippen MR) is 49.3 cm³/mol. The van der Waals surface area contributed by atoms with E-state index < -0.39 is 11.7 Å². The third kappa shape index (κ3) is 1.13. The molecule has 4 fully saturated rings. The van der Waals surface area contributed by atoms with E-state index >= 15 is 0 Å². The first kappa shape index (κ1) is 9.15. The molecule has 0 aliphatic carbocycles. The second-order valence-electron chi connectivity index (χ2n) is 4.48. The zero-order chi connectivity index (χ0) is 10.5. The lowest BCUT2D eigenvalue weighted by Gasteiger charge is -2.52. The van der Waals surface area contributed by atoms with Crippen molar-refractivity contribution in [3.05, 3.63) is 0 Å². The van der Waals surface area contributed by atoms with Crippen LogP contribution in [-0.4, -0.2) is 48.7 Å². The number of cyclic esters (lactones) is 2. The summed E-state index contributed by atoms with van der Waals surface area (Å²) in [4.78, 5) is 25.1. The van der Waals surface area contributed by atoms with Crippen LogP contribution in [0.25, 0.3) is 0 Å². The van der Waals surface area contributed by atoms with E-state index in [9.17, 15) is 9.59 Å². The molecule has 0 aromatic rings. The van der Waals surface area contributed by atoms with E-state index in [1.165, 1.54) is 0 Å². The Morgan fingerprint density at radius 3 is 2.27 bits per heavy atom. The van der Waals surface area contributed by atoms with Crippen molar-refractivity contribution in [1.29, 1.82) is 0 Å². The Labute approximate surface area is 87.3 Å². The summed E-state index contributed by atoms with van der Waals surface area (Å²) in [6.45, 7) is 2.16. The molecule has 0 radical (unpaired) electrons. The zero-order valence-electron chi connectivity index (χ0n) is 8.40. The second-order valence-corrected chi connectivity index (χ2v) is 4.48. The first-order valence-corrected chi connectivity index (χ1v) is 5.31. The van der Waals surface area contributed by atoms with E-state index in [0.29, 0.717) is 0 Å². The van der Waals surface area contributed by atoms with E-state index in [1.54, 1.807) is 0 Å². The summed E-state index contributed by atoms with van der Waals surface area (Å²) >= 11 is 0. The molecule has 82 valence electrons. The molecule has 4 heterocycles. The maximum Gasteiger partial charge on any atom is 0.508 e. The van der Waals surface area contributed by atoms with Crippen molar-refractivity contribution in [1.82, 2.24) is 4.90 Å². The maximum atomic E-state index is 12.2. The highest BCUT2D eigenvalue weighted by molar-refractivity contribution is 5.93. The summed E-state index contributed by atoms with van der Waals surface area (Å²) in [5.41, 5.74) is -0.658. The molecule has 15 heavy (non-hydrogen) atoms. The Kier molecular flexibility index (Phi) is 1.80. The zero-order valence-corrected chi connectivity index (χ0v) is 8.40. The lowest BCUT2D eigenvalue weighted by Crippen LogP contribution is -2.70. The van der Waals surface area contributed by atoms with Gasteiger partial charge in [-0.3, -0.25) is 9.69 Å². The van der Waals surface area contributed by atoms with Gasteiger partial charge in [0, 0.05) is 19.0 Å². The second kappa shape index (κ2) is 2.95. The van der Waals surface area contributed by atoms with Crippen molar-refractivity contribution in [2.75, 3.05) is 26.3 Å². The number of Topliss-reactive ketones (excluding diaryl/α,β-unsaturated/α-hetero) is 1. The topological polar surface area (TPSA) is 55.8 Å². The van der Waals surface area contributed by atoms with Crippen LogP contribution in [0.2, 0.25) is 0 Å². The number of carbonyl (C=O) groups excluding carboxylic acids is 2. The van der Waals surface area contributed by atoms with Crippen molar-refractivity contribution in [2.24, 2.45) is 5.92 Å². The lowest BCUT2D eigenvalue weighted by molar-refractivity contribution is -0.166. The van der Waals surface area contributed by atoms with Crippen LogP contribution in [0.5, 0.6) is 0 Å². The molecule has 4 aliphatic heterocycles. The molecule has 4 rings (SSSR count). The lowest BCUT2D eigenvalue weighted by atomic mass is 9.73. The summed E-state index contributed by atoms with van der Waals surface area (Å²) < 4.78 is 9.74. The van der Waals surface area contributed by atoms with Gasteiger partial charge in [0.2, 0.25) is 0 Å². The van der Waals surface area contributed by atoms with Crippen LogP contribution in [0.3, 0.4) is 0 Å². The SMILES string of the molecule is O=C1OCC2(CO1)C(=O)C1CCN2CC1. The van der Waals surface area contributed by atoms with E-state index in [-0.39, 0.29) is 24.9 Å². The van der Waals surface area contributed by atoms with Crippen LogP contribution in [-0.2, 0) is 14.3 Å². The first-order chi connectivity index (χ1) is 7.22. The molecule has 1 spiro atoms. The quantitative estimate of drug-likeness (QED) is 0.535. The molecule has 0 saturated carbocycles. The Balaban J connectivity index is 1.90. The van der Waals surface area contributed by atoms with E-state index in [0.717, 1.165) is 25.9 Å². The van der Waals surface area contributed by atoms with Crippen molar-refractivity contribution >= 4 is 11.9 Å². The van der Waals surface area contributed by atoms with Gasteiger partial charge in [-0.05, 0) is 12.8 Å². The van der Waals surface area contributed by atoms with Crippen molar-refractivity contribution < 1.29 is 19.1 Å². The van der Waals surface area contributed by atoms with Crippen molar-refractivity contribution in [2.45, 2.75) is 18.4 Å². The number of hydrogen-bond acceptors (Lipinski definition) is 5. The molecule has 0 N–H and O–H groups in total. The van der Waals surface area contributed by atoms with E-state index in [4.69, 9.17) is 9.47 Å². The molecule has 0 aromatic heterocycles. The highest BCUT2D eigenvalue weighted by Gasteiger charge is 2.56.